The molecule has 0 aliphatic heterocycles. The number of rotatable bonds is 9. The van der Waals surface area contributed by atoms with Gasteiger partial charge >= 0.3 is 5.97 Å². The summed E-state index contributed by atoms with van der Waals surface area (Å²) >= 11 is 1.46. The zero-order valence-electron chi connectivity index (χ0n) is 12.8. The smallest absolute Gasteiger partial charge is 0.326 e. The highest BCUT2D eigenvalue weighted by atomic mass is 32.1. The number of aryl methyl sites for hydroxylation is 2. The molecule has 1 aromatic heterocycles. The summed E-state index contributed by atoms with van der Waals surface area (Å²) < 4.78 is 4.87. The molecule has 0 spiro atoms. The lowest BCUT2D eigenvalue weighted by Gasteiger charge is -2.13. The van der Waals surface area contributed by atoms with E-state index >= 15 is 0 Å². The summed E-state index contributed by atoms with van der Waals surface area (Å²) in [7, 11) is 1.50. The first-order valence-corrected chi connectivity index (χ1v) is 7.99. The van der Waals surface area contributed by atoms with Gasteiger partial charge in [-0.15, -0.1) is 11.3 Å². The first-order chi connectivity index (χ1) is 10.0. The Kier molecular flexibility index (Phi) is 7.39. The number of carboxylic acid groups (broad SMARTS) is 1. The van der Waals surface area contributed by atoms with E-state index in [0.29, 0.717) is 11.5 Å². The SMILES string of the molecule is CCCc1sc(C(=O)NC(CCOC)C(=O)O)cc1CC. The Balaban J connectivity index is 2.79. The lowest BCUT2D eigenvalue weighted by atomic mass is 10.1. The lowest BCUT2D eigenvalue weighted by Crippen LogP contribution is -2.41. The van der Waals surface area contributed by atoms with Gasteiger partial charge in [-0.2, -0.15) is 0 Å². The molecule has 118 valence electrons. The van der Waals surface area contributed by atoms with Gasteiger partial charge in [-0.3, -0.25) is 4.79 Å². The lowest BCUT2D eigenvalue weighted by molar-refractivity contribution is -0.139. The number of amides is 1. The summed E-state index contributed by atoms with van der Waals surface area (Å²) in [5.74, 6) is -1.36. The number of carbonyl (C=O) groups is 2. The van der Waals surface area contributed by atoms with Gasteiger partial charge < -0.3 is 15.2 Å². The number of hydrogen-bond donors (Lipinski definition) is 2. The average molecular weight is 313 g/mol. The molecular weight excluding hydrogens is 290 g/mol. The zero-order valence-corrected chi connectivity index (χ0v) is 13.6. The fraction of sp³-hybridized carbons (Fsp3) is 0.600. The van der Waals surface area contributed by atoms with E-state index in [-0.39, 0.29) is 12.3 Å². The molecule has 1 atom stereocenters. The second kappa shape index (κ2) is 8.79. The summed E-state index contributed by atoms with van der Waals surface area (Å²) in [4.78, 5) is 25.1. The molecule has 0 aliphatic rings. The normalized spacial score (nSPS) is 12.1. The van der Waals surface area contributed by atoms with E-state index in [1.807, 2.05) is 6.07 Å². The topological polar surface area (TPSA) is 75.6 Å². The minimum absolute atomic E-state index is 0.255. The molecule has 1 aromatic rings. The number of aliphatic carboxylic acids is 1. The first kappa shape index (κ1) is 17.7. The number of nitrogens with one attached hydrogen (secondary N) is 1. The highest BCUT2D eigenvalue weighted by molar-refractivity contribution is 7.14. The summed E-state index contributed by atoms with van der Waals surface area (Å²) in [6, 6.07) is 0.958. The Morgan fingerprint density at radius 3 is 2.67 bits per heavy atom. The third-order valence-corrected chi connectivity index (χ3v) is 4.43. The van der Waals surface area contributed by atoms with Crippen molar-refractivity contribution in [2.45, 2.75) is 45.6 Å². The maximum Gasteiger partial charge on any atom is 0.326 e. The third-order valence-electron chi connectivity index (χ3n) is 3.19. The van der Waals surface area contributed by atoms with E-state index in [2.05, 4.69) is 19.2 Å². The maximum atomic E-state index is 12.2. The summed E-state index contributed by atoms with van der Waals surface area (Å²) in [6.07, 6.45) is 3.11. The van der Waals surface area contributed by atoms with Crippen molar-refractivity contribution in [1.29, 1.82) is 0 Å². The van der Waals surface area contributed by atoms with E-state index in [1.54, 1.807) is 0 Å². The van der Waals surface area contributed by atoms with Crippen LogP contribution >= 0.6 is 11.3 Å². The predicted molar refractivity (Wildman–Crippen MR) is 83.1 cm³/mol. The van der Waals surface area contributed by atoms with Gasteiger partial charge in [-0.05, 0) is 24.5 Å². The van der Waals surface area contributed by atoms with Crippen LogP contribution in [0, 0.1) is 0 Å². The molecule has 0 saturated carbocycles. The average Bonchev–Trinajstić information content (AvgIpc) is 2.86. The van der Waals surface area contributed by atoms with Crippen molar-refractivity contribution in [3.63, 3.8) is 0 Å². The standard InChI is InChI=1S/C15H23NO4S/c1-4-6-12-10(5-2)9-13(21-12)14(17)16-11(15(18)19)7-8-20-3/h9,11H,4-8H2,1-3H3,(H,16,17)(H,18,19). The molecule has 0 bridgehead atoms. The van der Waals surface area contributed by atoms with Gasteiger partial charge in [0.05, 0.1) is 4.88 Å². The Hall–Kier alpha value is -1.40. The summed E-state index contributed by atoms with van der Waals surface area (Å²) in [6.45, 7) is 4.45. The van der Waals surface area contributed by atoms with Gasteiger partial charge in [0.1, 0.15) is 6.04 Å². The van der Waals surface area contributed by atoms with Crippen molar-refractivity contribution in [2.24, 2.45) is 0 Å². The van der Waals surface area contributed by atoms with Gasteiger partial charge in [-0.25, -0.2) is 4.79 Å². The Morgan fingerprint density at radius 2 is 2.14 bits per heavy atom. The van der Waals surface area contributed by atoms with Crippen molar-refractivity contribution >= 4 is 23.2 Å². The molecular formula is C15H23NO4S. The number of carboxylic acids is 1. The molecule has 0 aliphatic carbocycles. The van der Waals surface area contributed by atoms with E-state index in [9.17, 15) is 9.59 Å². The molecule has 0 fully saturated rings. The molecule has 1 heterocycles. The number of methoxy groups -OCH3 is 1. The fourth-order valence-corrected chi connectivity index (χ4v) is 3.30. The second-order valence-corrected chi connectivity index (χ2v) is 5.95. The van der Waals surface area contributed by atoms with Crippen molar-refractivity contribution < 1.29 is 19.4 Å². The van der Waals surface area contributed by atoms with Crippen LogP contribution in [0.5, 0.6) is 0 Å². The monoisotopic (exact) mass is 313 g/mol. The third kappa shape index (κ3) is 5.13. The van der Waals surface area contributed by atoms with Crippen LogP contribution in [0.25, 0.3) is 0 Å². The van der Waals surface area contributed by atoms with Crippen LogP contribution in [-0.2, 0) is 22.4 Å². The molecule has 1 rings (SSSR count). The molecule has 0 aromatic carbocycles. The van der Waals surface area contributed by atoms with Crippen LogP contribution < -0.4 is 5.32 Å². The zero-order chi connectivity index (χ0) is 15.8. The Morgan fingerprint density at radius 1 is 1.43 bits per heavy atom. The predicted octanol–water partition coefficient (Wildman–Crippen LogP) is 2.48. The number of carbonyl (C=O) groups excluding carboxylic acids is 1. The Bertz CT molecular complexity index is 484. The minimum Gasteiger partial charge on any atom is -0.480 e. The van der Waals surface area contributed by atoms with E-state index in [0.717, 1.165) is 19.3 Å². The van der Waals surface area contributed by atoms with E-state index < -0.39 is 12.0 Å². The highest BCUT2D eigenvalue weighted by Gasteiger charge is 2.22. The minimum atomic E-state index is -1.04. The molecule has 1 unspecified atom stereocenters. The molecule has 2 N–H and O–H groups in total. The summed E-state index contributed by atoms with van der Waals surface area (Å²) in [5, 5.41) is 11.7. The molecule has 21 heavy (non-hydrogen) atoms. The van der Waals surface area contributed by atoms with Crippen molar-refractivity contribution in [3.05, 3.63) is 21.4 Å². The van der Waals surface area contributed by atoms with Crippen LogP contribution in [0.15, 0.2) is 6.07 Å². The van der Waals surface area contributed by atoms with Crippen LogP contribution in [0.1, 0.15) is 46.8 Å². The van der Waals surface area contributed by atoms with E-state index in [4.69, 9.17) is 9.84 Å². The highest BCUT2D eigenvalue weighted by Crippen LogP contribution is 2.24. The number of hydrogen-bond acceptors (Lipinski definition) is 4. The largest absolute Gasteiger partial charge is 0.480 e. The summed E-state index contributed by atoms with van der Waals surface area (Å²) in [5.41, 5.74) is 1.18. The number of ether oxygens (including phenoxy) is 1. The molecule has 0 saturated heterocycles. The van der Waals surface area contributed by atoms with E-state index in [1.165, 1.54) is 28.9 Å². The Labute approximate surface area is 129 Å². The maximum absolute atomic E-state index is 12.2. The van der Waals surface area contributed by atoms with Gasteiger partial charge in [0.25, 0.3) is 5.91 Å². The van der Waals surface area contributed by atoms with Gasteiger partial charge in [0, 0.05) is 25.0 Å². The van der Waals surface area contributed by atoms with Crippen molar-refractivity contribution in [3.8, 4) is 0 Å². The van der Waals surface area contributed by atoms with Crippen molar-refractivity contribution in [2.75, 3.05) is 13.7 Å². The molecule has 0 radical (unpaired) electrons. The molecule has 1 amide bonds. The molecule has 6 heteroatoms. The van der Waals surface area contributed by atoms with Gasteiger partial charge in [-0.1, -0.05) is 20.3 Å². The molecule has 5 nitrogen and oxygen atoms in total. The van der Waals surface area contributed by atoms with Gasteiger partial charge in [0.15, 0.2) is 0 Å². The van der Waals surface area contributed by atoms with Crippen LogP contribution in [0.2, 0.25) is 0 Å². The van der Waals surface area contributed by atoms with Crippen molar-refractivity contribution in [1.82, 2.24) is 5.32 Å². The van der Waals surface area contributed by atoms with Crippen LogP contribution in [0.4, 0.5) is 0 Å². The first-order valence-electron chi connectivity index (χ1n) is 7.17. The fourth-order valence-electron chi connectivity index (χ4n) is 2.04. The second-order valence-electron chi connectivity index (χ2n) is 4.81. The van der Waals surface area contributed by atoms with Crippen LogP contribution in [-0.4, -0.2) is 36.7 Å². The quantitative estimate of drug-likeness (QED) is 0.734. The van der Waals surface area contributed by atoms with Gasteiger partial charge in [0.2, 0.25) is 0 Å². The van der Waals surface area contributed by atoms with Crippen LogP contribution in [0.3, 0.4) is 0 Å². The number of thiophene rings is 1.